The molecule has 0 spiro atoms. The Kier molecular flexibility index (Phi) is 5.91. The molecule has 1 aromatic heterocycles. The van der Waals surface area contributed by atoms with Gasteiger partial charge in [0.05, 0.1) is 23.7 Å². The topological polar surface area (TPSA) is 122 Å². The summed E-state index contributed by atoms with van der Waals surface area (Å²) in [6, 6.07) is 5.48. The molecule has 3 N–H and O–H groups in total. The van der Waals surface area contributed by atoms with Gasteiger partial charge < -0.3 is 5.11 Å². The summed E-state index contributed by atoms with van der Waals surface area (Å²) in [6.07, 6.45) is 4.35. The van der Waals surface area contributed by atoms with Crippen molar-refractivity contribution in [3.05, 3.63) is 30.0 Å². The molecule has 1 saturated carbocycles. The number of benzene rings is 1. The second-order valence-electron chi connectivity index (χ2n) is 7.77. The van der Waals surface area contributed by atoms with Crippen LogP contribution >= 0.6 is 0 Å². The van der Waals surface area contributed by atoms with Crippen LogP contribution in [0.25, 0.3) is 10.9 Å². The third-order valence-corrected chi connectivity index (χ3v) is 7.62. The highest BCUT2D eigenvalue weighted by Gasteiger charge is 2.43. The van der Waals surface area contributed by atoms with Gasteiger partial charge in [-0.05, 0) is 56.2 Å². The maximum absolute atomic E-state index is 12.1. The summed E-state index contributed by atoms with van der Waals surface area (Å²) in [5.74, 6) is 10.6. The summed E-state index contributed by atoms with van der Waals surface area (Å²) in [7, 11) is -3.77. The number of aromatic nitrogens is 2. The lowest BCUT2D eigenvalue weighted by Crippen LogP contribution is -2.49. The number of fused-ring (bicyclic) bond motifs is 1. The second kappa shape index (κ2) is 8.11. The zero-order valence-electron chi connectivity index (χ0n) is 16.8. The molecule has 1 atom stereocenters. The van der Waals surface area contributed by atoms with Crippen molar-refractivity contribution in [3.8, 4) is 23.7 Å². The van der Waals surface area contributed by atoms with Crippen molar-refractivity contribution in [1.82, 2.24) is 15.3 Å². The maximum Gasteiger partial charge on any atom is 0.264 e. The minimum Gasteiger partial charge on any atom is -0.395 e. The minimum atomic E-state index is -3.77. The number of carbonyl (C=O) groups is 1. The van der Waals surface area contributed by atoms with E-state index in [0.29, 0.717) is 0 Å². The first-order valence-electron chi connectivity index (χ1n) is 9.38. The van der Waals surface area contributed by atoms with Gasteiger partial charge in [0.2, 0.25) is 0 Å². The number of hydroxylamine groups is 1. The summed E-state index contributed by atoms with van der Waals surface area (Å²) >= 11 is 0. The Labute approximate surface area is 175 Å². The molecule has 158 valence electrons. The molecule has 0 saturated heterocycles. The highest BCUT2D eigenvalue weighted by Crippen LogP contribution is 2.44. The van der Waals surface area contributed by atoms with Crippen molar-refractivity contribution in [1.29, 1.82) is 0 Å². The van der Waals surface area contributed by atoms with Crippen LogP contribution in [0.4, 0.5) is 0 Å². The molecule has 1 aliphatic carbocycles. The Hall–Kier alpha value is -2.85. The van der Waals surface area contributed by atoms with E-state index in [1.54, 1.807) is 10.9 Å². The van der Waals surface area contributed by atoms with E-state index in [9.17, 15) is 18.3 Å². The fourth-order valence-corrected chi connectivity index (χ4v) is 3.83. The Balaban J connectivity index is 1.77. The molecule has 0 unspecified atom stereocenters. The van der Waals surface area contributed by atoms with Crippen LogP contribution in [0, 0.1) is 29.1 Å². The lowest BCUT2D eigenvalue weighted by molar-refractivity contribution is -0.131. The maximum atomic E-state index is 12.1. The lowest BCUT2D eigenvalue weighted by Gasteiger charge is -2.25. The van der Waals surface area contributed by atoms with Crippen LogP contribution < -0.4 is 5.48 Å². The SMILES string of the molecule is C[C@@](CCn1ncc2cc(C#CC#CC3(CO)CC3)ccc21)(C(=O)NO)S(C)(=O)=O. The molecule has 9 heteroatoms. The predicted molar refractivity (Wildman–Crippen MR) is 111 cm³/mol. The van der Waals surface area contributed by atoms with Gasteiger partial charge in [0.1, 0.15) is 0 Å². The number of hydrogen-bond acceptors (Lipinski definition) is 6. The van der Waals surface area contributed by atoms with Gasteiger partial charge in [-0.25, -0.2) is 13.9 Å². The van der Waals surface area contributed by atoms with E-state index in [2.05, 4.69) is 28.8 Å². The van der Waals surface area contributed by atoms with Gasteiger partial charge in [-0.1, -0.05) is 11.8 Å². The summed E-state index contributed by atoms with van der Waals surface area (Å²) in [6.45, 7) is 1.50. The van der Waals surface area contributed by atoms with Crippen LogP contribution in [0.5, 0.6) is 0 Å². The Morgan fingerprint density at radius 3 is 2.70 bits per heavy atom. The van der Waals surface area contributed by atoms with E-state index in [1.807, 2.05) is 18.2 Å². The number of nitrogens with one attached hydrogen (secondary N) is 1. The monoisotopic (exact) mass is 429 g/mol. The molecular weight excluding hydrogens is 406 g/mol. The first-order chi connectivity index (χ1) is 14.1. The van der Waals surface area contributed by atoms with Gasteiger partial charge in [-0.15, -0.1) is 0 Å². The predicted octanol–water partition coefficient (Wildman–Crippen LogP) is 0.862. The molecule has 30 heavy (non-hydrogen) atoms. The molecule has 1 aliphatic rings. The number of sulfone groups is 1. The zero-order valence-corrected chi connectivity index (χ0v) is 17.6. The zero-order chi connectivity index (χ0) is 22.0. The normalized spacial score (nSPS) is 16.5. The van der Waals surface area contributed by atoms with Crippen LogP contribution in [0.3, 0.4) is 0 Å². The summed E-state index contributed by atoms with van der Waals surface area (Å²) in [5.41, 5.74) is 2.71. The standard InChI is InChI=1S/C21H23N3O5S/c1-20(19(26)23-27,30(2,28)29)11-12-24-18-7-6-16(13-17(18)14-22-24)5-3-4-8-21(15-25)9-10-21/h6-7,13-14,25,27H,9-12,15H2,1-2H3,(H,23,26)/t20-/m1/s1. The molecule has 8 nitrogen and oxygen atoms in total. The minimum absolute atomic E-state index is 0.0568. The first-order valence-corrected chi connectivity index (χ1v) is 11.3. The van der Waals surface area contributed by atoms with Crippen LogP contribution in [0.1, 0.15) is 31.7 Å². The van der Waals surface area contributed by atoms with Crippen molar-refractivity contribution in [2.75, 3.05) is 12.9 Å². The molecular formula is C21H23N3O5S. The van der Waals surface area contributed by atoms with E-state index in [0.717, 1.165) is 35.6 Å². The molecule has 1 aromatic carbocycles. The summed E-state index contributed by atoms with van der Waals surface area (Å²) < 4.78 is 24.0. The van der Waals surface area contributed by atoms with E-state index in [1.165, 1.54) is 12.4 Å². The smallest absolute Gasteiger partial charge is 0.264 e. The average molecular weight is 429 g/mol. The molecule has 2 aromatic rings. The molecule has 1 heterocycles. The van der Waals surface area contributed by atoms with E-state index in [-0.39, 0.29) is 25.0 Å². The number of amides is 1. The summed E-state index contributed by atoms with van der Waals surface area (Å²) in [4.78, 5) is 11.9. The highest BCUT2D eigenvalue weighted by molar-refractivity contribution is 7.92. The van der Waals surface area contributed by atoms with Crippen molar-refractivity contribution in [3.63, 3.8) is 0 Å². The van der Waals surface area contributed by atoms with Gasteiger partial charge in [0.15, 0.2) is 14.6 Å². The quantitative estimate of drug-likeness (QED) is 0.356. The van der Waals surface area contributed by atoms with Crippen molar-refractivity contribution >= 4 is 26.6 Å². The number of nitrogens with zero attached hydrogens (tertiary/aromatic N) is 2. The van der Waals surface area contributed by atoms with Crippen LogP contribution in [0.2, 0.25) is 0 Å². The molecule has 0 radical (unpaired) electrons. The van der Waals surface area contributed by atoms with Gasteiger partial charge in [-0.2, -0.15) is 5.10 Å². The number of aliphatic hydroxyl groups is 1. The number of rotatable bonds is 6. The number of carbonyl (C=O) groups excluding carboxylic acids is 1. The number of aryl methyl sites for hydroxylation is 1. The van der Waals surface area contributed by atoms with Gasteiger partial charge >= 0.3 is 0 Å². The Morgan fingerprint density at radius 2 is 2.10 bits per heavy atom. The summed E-state index contributed by atoms with van der Waals surface area (Å²) in [5, 5.41) is 23.3. The molecule has 1 amide bonds. The van der Waals surface area contributed by atoms with Gasteiger partial charge in [-0.3, -0.25) is 14.7 Å². The number of aliphatic hydroxyl groups excluding tert-OH is 1. The van der Waals surface area contributed by atoms with Crippen LogP contribution in [-0.4, -0.2) is 52.0 Å². The Morgan fingerprint density at radius 1 is 1.37 bits per heavy atom. The average Bonchev–Trinajstić information content (AvgIpc) is 3.39. The lowest BCUT2D eigenvalue weighted by atomic mass is 10.1. The molecule has 3 rings (SSSR count). The fourth-order valence-electron chi connectivity index (χ4n) is 2.99. The van der Waals surface area contributed by atoms with E-state index in [4.69, 9.17) is 5.21 Å². The molecule has 0 bridgehead atoms. The first kappa shape index (κ1) is 21.8. The van der Waals surface area contributed by atoms with Crippen LogP contribution in [0.15, 0.2) is 24.4 Å². The highest BCUT2D eigenvalue weighted by atomic mass is 32.2. The van der Waals surface area contributed by atoms with Crippen molar-refractivity contribution < 1.29 is 23.5 Å². The van der Waals surface area contributed by atoms with Crippen LogP contribution in [-0.2, 0) is 21.2 Å². The largest absolute Gasteiger partial charge is 0.395 e. The second-order valence-corrected chi connectivity index (χ2v) is 10.2. The van der Waals surface area contributed by atoms with E-state index < -0.39 is 20.5 Å². The van der Waals surface area contributed by atoms with Gasteiger partial charge in [0.25, 0.3) is 5.91 Å². The molecule has 1 fully saturated rings. The fraction of sp³-hybridized carbons (Fsp3) is 0.429. The van der Waals surface area contributed by atoms with Crippen molar-refractivity contribution in [2.24, 2.45) is 5.41 Å². The third-order valence-electron chi connectivity index (χ3n) is 5.60. The third kappa shape index (κ3) is 4.34. The van der Waals surface area contributed by atoms with Crippen molar-refractivity contribution in [2.45, 2.75) is 37.5 Å². The number of hydrogen-bond donors (Lipinski definition) is 3. The molecule has 0 aliphatic heterocycles. The Bertz CT molecular complexity index is 1210. The van der Waals surface area contributed by atoms with E-state index >= 15 is 0 Å². The van der Waals surface area contributed by atoms with Gasteiger partial charge in [0, 0.05) is 23.8 Å².